The lowest BCUT2D eigenvalue weighted by Gasteiger charge is -2.10. The fourth-order valence-electron chi connectivity index (χ4n) is 3.48. The number of amides is 1. The van der Waals surface area contributed by atoms with Crippen LogP contribution in [-0.2, 0) is 6.61 Å². The minimum Gasteiger partial charge on any atom is -0.497 e. The number of carbonyl (C=O) groups excluding carboxylic acids is 1. The van der Waals surface area contributed by atoms with Crippen molar-refractivity contribution in [3.05, 3.63) is 102 Å². The molecule has 6 heteroatoms. The summed E-state index contributed by atoms with van der Waals surface area (Å²) in [7, 11) is 3.05. The molecule has 0 aliphatic rings. The van der Waals surface area contributed by atoms with Crippen LogP contribution in [0.1, 0.15) is 21.5 Å². The van der Waals surface area contributed by atoms with E-state index in [4.69, 9.17) is 14.2 Å². The molecule has 4 aromatic carbocycles. The summed E-state index contributed by atoms with van der Waals surface area (Å²) in [4.78, 5) is 12.5. The summed E-state index contributed by atoms with van der Waals surface area (Å²) >= 11 is 0. The molecule has 166 valence electrons. The highest BCUT2D eigenvalue weighted by molar-refractivity contribution is 5.97. The molecule has 0 aliphatic carbocycles. The van der Waals surface area contributed by atoms with E-state index in [0.29, 0.717) is 23.7 Å². The van der Waals surface area contributed by atoms with Crippen molar-refractivity contribution in [1.29, 1.82) is 0 Å². The molecule has 0 saturated heterocycles. The maximum Gasteiger partial charge on any atom is 0.275 e. The maximum atomic E-state index is 12.5. The molecule has 4 aromatic rings. The number of nitrogens with one attached hydrogen (secondary N) is 1. The predicted molar refractivity (Wildman–Crippen MR) is 129 cm³/mol. The molecule has 0 heterocycles. The van der Waals surface area contributed by atoms with Gasteiger partial charge in [-0.1, -0.05) is 54.6 Å². The number of hydrogen-bond donors (Lipinski definition) is 1. The van der Waals surface area contributed by atoms with Gasteiger partial charge in [-0.2, -0.15) is 5.10 Å². The normalized spacial score (nSPS) is 10.8. The smallest absolute Gasteiger partial charge is 0.275 e. The van der Waals surface area contributed by atoms with Crippen molar-refractivity contribution in [3.8, 4) is 17.2 Å². The second-order valence-electron chi connectivity index (χ2n) is 7.26. The molecule has 0 fully saturated rings. The lowest BCUT2D eigenvalue weighted by molar-refractivity contribution is 0.0952. The van der Waals surface area contributed by atoms with Crippen molar-refractivity contribution in [2.24, 2.45) is 5.10 Å². The van der Waals surface area contributed by atoms with Crippen molar-refractivity contribution >= 4 is 22.9 Å². The Morgan fingerprint density at radius 3 is 2.55 bits per heavy atom. The van der Waals surface area contributed by atoms with E-state index >= 15 is 0 Å². The summed E-state index contributed by atoms with van der Waals surface area (Å²) in [6.45, 7) is 0.454. The van der Waals surface area contributed by atoms with Gasteiger partial charge in [0.1, 0.15) is 23.9 Å². The molecule has 0 saturated carbocycles. The Labute approximate surface area is 192 Å². The summed E-state index contributed by atoms with van der Waals surface area (Å²) in [5, 5.41) is 6.43. The predicted octanol–water partition coefficient (Wildman–Crippen LogP) is 5.20. The summed E-state index contributed by atoms with van der Waals surface area (Å²) in [6, 6.07) is 26.9. The van der Waals surface area contributed by atoms with Gasteiger partial charge in [0.25, 0.3) is 5.91 Å². The van der Waals surface area contributed by atoms with E-state index in [9.17, 15) is 4.79 Å². The number of benzene rings is 4. The van der Waals surface area contributed by atoms with E-state index in [1.54, 1.807) is 31.5 Å². The SMILES string of the molecule is COc1ccc(C(=O)NN=Cc2cccc(OCc3cccc4ccccc34)c2)c(OC)c1. The van der Waals surface area contributed by atoms with Gasteiger partial charge < -0.3 is 14.2 Å². The third-order valence-electron chi connectivity index (χ3n) is 5.17. The summed E-state index contributed by atoms with van der Waals surface area (Å²) in [5.74, 6) is 1.35. The molecule has 6 nitrogen and oxygen atoms in total. The molecule has 0 bridgehead atoms. The van der Waals surface area contributed by atoms with E-state index < -0.39 is 0 Å². The van der Waals surface area contributed by atoms with Gasteiger partial charge in [-0.15, -0.1) is 0 Å². The number of fused-ring (bicyclic) bond motifs is 1. The van der Waals surface area contributed by atoms with E-state index in [2.05, 4.69) is 34.8 Å². The largest absolute Gasteiger partial charge is 0.497 e. The van der Waals surface area contributed by atoms with Crippen molar-refractivity contribution in [2.75, 3.05) is 14.2 Å². The van der Waals surface area contributed by atoms with E-state index in [1.807, 2.05) is 42.5 Å². The van der Waals surface area contributed by atoms with Crippen LogP contribution in [0.2, 0.25) is 0 Å². The Hall–Kier alpha value is -4.32. The first-order valence-corrected chi connectivity index (χ1v) is 10.4. The topological polar surface area (TPSA) is 69.2 Å². The minimum absolute atomic E-state index is 0.364. The summed E-state index contributed by atoms with van der Waals surface area (Å²) in [6.07, 6.45) is 1.57. The van der Waals surface area contributed by atoms with Gasteiger partial charge in [-0.3, -0.25) is 4.79 Å². The first-order chi connectivity index (χ1) is 16.2. The Bertz CT molecular complexity index is 1300. The summed E-state index contributed by atoms with van der Waals surface area (Å²) in [5.41, 5.74) is 4.81. The zero-order chi connectivity index (χ0) is 23.0. The molecule has 0 aromatic heterocycles. The molecular weight excluding hydrogens is 416 g/mol. The molecule has 0 aliphatic heterocycles. The van der Waals surface area contributed by atoms with Gasteiger partial charge in [0.15, 0.2) is 0 Å². The van der Waals surface area contributed by atoms with Crippen LogP contribution in [-0.4, -0.2) is 26.3 Å². The molecular formula is C27H24N2O4. The van der Waals surface area contributed by atoms with Crippen LogP contribution in [0.3, 0.4) is 0 Å². The number of hydrazone groups is 1. The van der Waals surface area contributed by atoms with Crippen LogP contribution < -0.4 is 19.6 Å². The second-order valence-corrected chi connectivity index (χ2v) is 7.26. The van der Waals surface area contributed by atoms with Gasteiger partial charge >= 0.3 is 0 Å². The number of rotatable bonds is 8. The molecule has 33 heavy (non-hydrogen) atoms. The van der Waals surface area contributed by atoms with Crippen LogP contribution in [0.25, 0.3) is 10.8 Å². The first-order valence-electron chi connectivity index (χ1n) is 10.4. The number of methoxy groups -OCH3 is 2. The van der Waals surface area contributed by atoms with Crippen LogP contribution in [0.5, 0.6) is 17.2 Å². The fourth-order valence-corrected chi connectivity index (χ4v) is 3.48. The Morgan fingerprint density at radius 2 is 1.70 bits per heavy atom. The molecule has 0 radical (unpaired) electrons. The van der Waals surface area contributed by atoms with Gasteiger partial charge in [0.2, 0.25) is 0 Å². The highest BCUT2D eigenvalue weighted by Gasteiger charge is 2.12. The third-order valence-corrected chi connectivity index (χ3v) is 5.17. The third kappa shape index (κ3) is 5.30. The summed E-state index contributed by atoms with van der Waals surface area (Å²) < 4.78 is 16.4. The molecule has 1 N–H and O–H groups in total. The monoisotopic (exact) mass is 440 g/mol. The highest BCUT2D eigenvalue weighted by Crippen LogP contribution is 2.24. The minimum atomic E-state index is -0.380. The number of ether oxygens (including phenoxy) is 3. The number of nitrogens with zero attached hydrogens (tertiary/aromatic N) is 1. The van der Waals surface area contributed by atoms with Gasteiger partial charge in [-0.05, 0) is 46.2 Å². The van der Waals surface area contributed by atoms with Gasteiger partial charge in [0, 0.05) is 6.07 Å². The Kier molecular flexibility index (Phi) is 6.85. The lowest BCUT2D eigenvalue weighted by Crippen LogP contribution is -2.18. The van der Waals surface area contributed by atoms with Crippen molar-refractivity contribution in [3.63, 3.8) is 0 Å². The van der Waals surface area contributed by atoms with Crippen LogP contribution >= 0.6 is 0 Å². The van der Waals surface area contributed by atoms with E-state index in [-0.39, 0.29) is 5.91 Å². The zero-order valence-electron chi connectivity index (χ0n) is 18.4. The lowest BCUT2D eigenvalue weighted by atomic mass is 10.1. The first kappa shape index (κ1) is 21.9. The van der Waals surface area contributed by atoms with Gasteiger partial charge in [0.05, 0.1) is 26.0 Å². The van der Waals surface area contributed by atoms with Crippen molar-refractivity contribution < 1.29 is 19.0 Å². The van der Waals surface area contributed by atoms with Crippen LogP contribution in [0, 0.1) is 0 Å². The maximum absolute atomic E-state index is 12.5. The second kappa shape index (κ2) is 10.3. The van der Waals surface area contributed by atoms with E-state index in [0.717, 1.165) is 16.9 Å². The molecule has 0 unspecified atom stereocenters. The average Bonchev–Trinajstić information content (AvgIpc) is 2.87. The Balaban J connectivity index is 1.40. The zero-order valence-corrected chi connectivity index (χ0v) is 18.4. The quantitative estimate of drug-likeness (QED) is 0.302. The Morgan fingerprint density at radius 1 is 0.879 bits per heavy atom. The molecule has 4 rings (SSSR count). The molecule has 1 amide bonds. The van der Waals surface area contributed by atoms with Crippen LogP contribution in [0.4, 0.5) is 0 Å². The average molecular weight is 440 g/mol. The number of hydrogen-bond acceptors (Lipinski definition) is 5. The van der Waals surface area contributed by atoms with Crippen molar-refractivity contribution in [2.45, 2.75) is 6.61 Å². The fraction of sp³-hybridized carbons (Fsp3) is 0.111. The van der Waals surface area contributed by atoms with Gasteiger partial charge in [-0.25, -0.2) is 5.43 Å². The standard InChI is InChI=1S/C27H24N2O4/c1-31-22-13-14-25(26(16-22)32-2)27(30)29-28-17-19-7-5-11-23(15-19)33-18-21-10-6-9-20-8-3-4-12-24(20)21/h3-17H,18H2,1-2H3,(H,29,30). The number of carbonyl (C=O) groups is 1. The van der Waals surface area contributed by atoms with Crippen LogP contribution in [0.15, 0.2) is 90.0 Å². The van der Waals surface area contributed by atoms with E-state index in [1.165, 1.54) is 17.9 Å². The molecule has 0 spiro atoms. The van der Waals surface area contributed by atoms with Crippen molar-refractivity contribution in [1.82, 2.24) is 5.43 Å². The highest BCUT2D eigenvalue weighted by atomic mass is 16.5. The molecule has 0 atom stereocenters.